The van der Waals surface area contributed by atoms with Gasteiger partial charge in [-0.15, -0.1) is 10.2 Å². The van der Waals surface area contributed by atoms with Gasteiger partial charge in [-0.2, -0.15) is 0 Å². The van der Waals surface area contributed by atoms with Gasteiger partial charge in [0.2, 0.25) is 5.89 Å². The average molecular weight is 346 g/mol. The third-order valence-electron chi connectivity index (χ3n) is 3.31. The summed E-state index contributed by atoms with van der Waals surface area (Å²) in [7, 11) is 0. The summed E-state index contributed by atoms with van der Waals surface area (Å²) in [5.74, 6) is 1.47. The molecule has 0 aliphatic heterocycles. The largest absolute Gasteiger partial charge is 0.414 e. The molecule has 0 saturated carbocycles. The van der Waals surface area contributed by atoms with E-state index < -0.39 is 0 Å². The van der Waals surface area contributed by atoms with Crippen molar-refractivity contribution in [3.63, 3.8) is 0 Å². The van der Waals surface area contributed by atoms with Crippen LogP contribution in [0.1, 0.15) is 37.8 Å². The molecule has 0 unspecified atom stereocenters. The SMILES string of the molecule is CC[C@@H](C)[C@H](N)c1nnc(SCc2ccc(Cl)c(Cl)c2)o1. The zero-order valence-corrected chi connectivity index (χ0v) is 14.2. The van der Waals surface area contributed by atoms with E-state index in [4.69, 9.17) is 33.4 Å². The first-order valence-electron chi connectivity index (χ1n) is 6.67. The number of nitrogens with zero attached hydrogens (tertiary/aromatic N) is 2. The van der Waals surface area contributed by atoms with Crippen LogP contribution in [0.3, 0.4) is 0 Å². The fourth-order valence-corrected chi connectivity index (χ4v) is 2.72. The predicted octanol–water partition coefficient (Wildman–Crippen LogP) is 4.71. The lowest BCUT2D eigenvalue weighted by Gasteiger charge is -2.13. The van der Waals surface area contributed by atoms with Gasteiger partial charge in [-0.25, -0.2) is 0 Å². The second-order valence-corrected chi connectivity index (χ2v) is 6.60. The van der Waals surface area contributed by atoms with E-state index in [1.165, 1.54) is 11.8 Å². The lowest BCUT2D eigenvalue weighted by Crippen LogP contribution is -2.18. The van der Waals surface area contributed by atoms with Crippen molar-refractivity contribution in [3.8, 4) is 0 Å². The number of hydrogen-bond donors (Lipinski definition) is 1. The summed E-state index contributed by atoms with van der Waals surface area (Å²) < 4.78 is 5.60. The van der Waals surface area contributed by atoms with Crippen molar-refractivity contribution in [1.82, 2.24) is 10.2 Å². The molecular weight excluding hydrogens is 329 g/mol. The molecule has 4 nitrogen and oxygen atoms in total. The molecule has 0 radical (unpaired) electrons. The molecule has 0 aliphatic rings. The maximum absolute atomic E-state index is 6.07. The third-order valence-corrected chi connectivity index (χ3v) is 4.94. The van der Waals surface area contributed by atoms with Crippen molar-refractivity contribution in [2.75, 3.05) is 0 Å². The van der Waals surface area contributed by atoms with Crippen molar-refractivity contribution in [2.24, 2.45) is 11.7 Å². The van der Waals surface area contributed by atoms with Gasteiger partial charge in [0, 0.05) is 5.75 Å². The van der Waals surface area contributed by atoms with Gasteiger partial charge in [0.1, 0.15) is 0 Å². The summed E-state index contributed by atoms with van der Waals surface area (Å²) in [5, 5.41) is 9.63. The number of rotatable bonds is 6. The Kier molecular flexibility index (Phi) is 5.93. The minimum absolute atomic E-state index is 0.221. The molecule has 7 heteroatoms. The Bertz CT molecular complexity index is 606. The first kappa shape index (κ1) is 16.6. The molecule has 2 atom stereocenters. The van der Waals surface area contributed by atoms with E-state index >= 15 is 0 Å². The van der Waals surface area contributed by atoms with Crippen LogP contribution in [-0.4, -0.2) is 10.2 Å². The molecule has 1 aromatic carbocycles. The highest BCUT2D eigenvalue weighted by Gasteiger charge is 2.19. The van der Waals surface area contributed by atoms with Crippen molar-refractivity contribution in [3.05, 3.63) is 39.7 Å². The van der Waals surface area contributed by atoms with Gasteiger partial charge in [-0.3, -0.25) is 0 Å². The number of thioether (sulfide) groups is 1. The average Bonchev–Trinajstić information content (AvgIpc) is 2.95. The van der Waals surface area contributed by atoms with E-state index in [2.05, 4.69) is 24.0 Å². The first-order valence-corrected chi connectivity index (χ1v) is 8.41. The number of hydrogen-bond acceptors (Lipinski definition) is 5. The Morgan fingerprint density at radius 3 is 2.71 bits per heavy atom. The second-order valence-electron chi connectivity index (χ2n) is 4.85. The van der Waals surface area contributed by atoms with Gasteiger partial charge in [-0.1, -0.05) is 61.3 Å². The monoisotopic (exact) mass is 345 g/mol. The molecule has 2 aromatic rings. The molecule has 0 spiro atoms. The Hall–Kier alpha value is -0.750. The highest BCUT2D eigenvalue weighted by Crippen LogP contribution is 2.28. The van der Waals surface area contributed by atoms with Gasteiger partial charge in [0.05, 0.1) is 16.1 Å². The number of benzene rings is 1. The van der Waals surface area contributed by atoms with Gasteiger partial charge in [0.25, 0.3) is 5.22 Å². The second kappa shape index (κ2) is 7.49. The maximum atomic E-state index is 6.07. The van der Waals surface area contributed by atoms with Crippen LogP contribution in [0, 0.1) is 5.92 Å². The van der Waals surface area contributed by atoms with Crippen LogP contribution in [0.4, 0.5) is 0 Å². The lowest BCUT2D eigenvalue weighted by molar-refractivity contribution is 0.333. The molecule has 0 amide bonds. The molecule has 0 bridgehead atoms. The summed E-state index contributed by atoms with van der Waals surface area (Å²) >= 11 is 13.3. The highest BCUT2D eigenvalue weighted by atomic mass is 35.5. The van der Waals surface area contributed by atoms with E-state index in [0.717, 1.165) is 12.0 Å². The van der Waals surface area contributed by atoms with Crippen LogP contribution < -0.4 is 5.73 Å². The molecule has 0 aliphatic carbocycles. The Balaban J connectivity index is 1.98. The minimum atomic E-state index is -0.221. The zero-order chi connectivity index (χ0) is 15.4. The molecule has 2 rings (SSSR count). The van der Waals surface area contributed by atoms with E-state index in [9.17, 15) is 0 Å². The highest BCUT2D eigenvalue weighted by molar-refractivity contribution is 7.98. The molecule has 21 heavy (non-hydrogen) atoms. The molecule has 2 N–H and O–H groups in total. The zero-order valence-electron chi connectivity index (χ0n) is 11.8. The van der Waals surface area contributed by atoms with E-state index in [-0.39, 0.29) is 6.04 Å². The van der Waals surface area contributed by atoms with Gasteiger partial charge in [0.15, 0.2) is 0 Å². The standard InChI is InChI=1S/C14H17Cl2N3OS/c1-3-8(2)12(17)13-18-19-14(20-13)21-7-9-4-5-10(15)11(16)6-9/h4-6,8,12H,3,7,17H2,1-2H3/t8-,12+/m1/s1. The van der Waals surface area contributed by atoms with Crippen molar-refractivity contribution >= 4 is 35.0 Å². The Morgan fingerprint density at radius 2 is 2.05 bits per heavy atom. The first-order chi connectivity index (χ1) is 10.0. The molecular formula is C14H17Cl2N3OS. The van der Waals surface area contributed by atoms with Crippen molar-refractivity contribution < 1.29 is 4.42 Å². The maximum Gasteiger partial charge on any atom is 0.276 e. The number of nitrogens with two attached hydrogens (primary N) is 1. The summed E-state index contributed by atoms with van der Waals surface area (Å²) in [4.78, 5) is 0. The smallest absolute Gasteiger partial charge is 0.276 e. The predicted molar refractivity (Wildman–Crippen MR) is 86.7 cm³/mol. The summed E-state index contributed by atoms with van der Waals surface area (Å²) in [6, 6.07) is 5.31. The fraction of sp³-hybridized carbons (Fsp3) is 0.429. The van der Waals surface area contributed by atoms with Crippen LogP contribution in [0.2, 0.25) is 10.0 Å². The van der Waals surface area contributed by atoms with E-state index in [0.29, 0.717) is 32.8 Å². The van der Waals surface area contributed by atoms with Crippen molar-refractivity contribution in [2.45, 2.75) is 37.3 Å². The lowest BCUT2D eigenvalue weighted by atomic mass is 10.0. The summed E-state index contributed by atoms with van der Waals surface area (Å²) in [6.45, 7) is 4.15. The van der Waals surface area contributed by atoms with Crippen LogP contribution in [0.25, 0.3) is 0 Å². The van der Waals surface area contributed by atoms with Gasteiger partial charge < -0.3 is 10.2 Å². The van der Waals surface area contributed by atoms with Crippen molar-refractivity contribution in [1.29, 1.82) is 0 Å². The number of aromatic nitrogens is 2. The minimum Gasteiger partial charge on any atom is -0.414 e. The van der Waals surface area contributed by atoms with Gasteiger partial charge >= 0.3 is 0 Å². The van der Waals surface area contributed by atoms with E-state index in [1.54, 1.807) is 6.07 Å². The van der Waals surface area contributed by atoms with Gasteiger partial charge in [-0.05, 0) is 23.6 Å². The Morgan fingerprint density at radius 1 is 1.29 bits per heavy atom. The molecule has 0 fully saturated rings. The molecule has 0 saturated heterocycles. The van der Waals surface area contributed by atoms with E-state index in [1.807, 2.05) is 12.1 Å². The summed E-state index contributed by atoms with van der Waals surface area (Å²) in [5.41, 5.74) is 7.11. The fourth-order valence-electron chi connectivity index (χ4n) is 1.69. The van der Waals surface area contributed by atoms with Crippen LogP contribution in [-0.2, 0) is 5.75 Å². The molecule has 1 aromatic heterocycles. The normalized spacial score (nSPS) is 14.1. The topological polar surface area (TPSA) is 64.9 Å². The van der Waals surface area contributed by atoms with Crippen LogP contribution >= 0.6 is 35.0 Å². The molecule has 114 valence electrons. The third kappa shape index (κ3) is 4.36. The van der Waals surface area contributed by atoms with Crippen LogP contribution in [0.15, 0.2) is 27.8 Å². The number of halogens is 2. The molecule has 1 heterocycles. The van der Waals surface area contributed by atoms with Crippen LogP contribution in [0.5, 0.6) is 0 Å². The quantitative estimate of drug-likeness (QED) is 0.767. The summed E-state index contributed by atoms with van der Waals surface area (Å²) in [6.07, 6.45) is 0.968. The Labute approximate surface area is 138 Å².